The maximum atomic E-state index is 13.2. The number of nitrogens with one attached hydrogen (secondary N) is 2. The molecule has 0 saturated heterocycles. The van der Waals surface area contributed by atoms with Gasteiger partial charge in [-0.2, -0.15) is 0 Å². The van der Waals surface area contributed by atoms with Crippen LogP contribution in [-0.4, -0.2) is 21.7 Å². The molecule has 0 saturated carbocycles. The molecule has 0 aliphatic carbocycles. The number of hydrogen-bond acceptors (Lipinski definition) is 5. The number of aromatic nitrogens is 2. The Hall–Kier alpha value is -3.19. The first kappa shape index (κ1) is 21.5. The van der Waals surface area contributed by atoms with Gasteiger partial charge in [-0.15, -0.1) is 0 Å². The maximum Gasteiger partial charge on any atom is 0.251 e. The van der Waals surface area contributed by atoms with E-state index in [9.17, 15) is 14.4 Å². The lowest BCUT2D eigenvalue weighted by molar-refractivity contribution is -0.115. The van der Waals surface area contributed by atoms with Gasteiger partial charge in [0, 0.05) is 23.0 Å². The number of aryl methyl sites for hydroxylation is 1. The van der Waals surface area contributed by atoms with Crippen molar-refractivity contribution in [2.45, 2.75) is 37.1 Å². The molecule has 1 aromatic heterocycles. The Labute approximate surface area is 179 Å². The highest BCUT2D eigenvalue weighted by atomic mass is 32.2. The van der Waals surface area contributed by atoms with Crippen LogP contribution in [0, 0.1) is 0 Å². The molecule has 1 atom stereocenters. The van der Waals surface area contributed by atoms with Gasteiger partial charge in [0.25, 0.3) is 5.56 Å². The van der Waals surface area contributed by atoms with Crippen molar-refractivity contribution in [3.63, 3.8) is 0 Å². The van der Waals surface area contributed by atoms with E-state index in [0.29, 0.717) is 28.5 Å². The average Bonchev–Trinajstić information content (AvgIpc) is 2.72. The minimum Gasteiger partial charge on any atom is -0.325 e. The number of ketones is 1. The van der Waals surface area contributed by atoms with Crippen molar-refractivity contribution in [1.29, 1.82) is 0 Å². The van der Waals surface area contributed by atoms with Gasteiger partial charge >= 0.3 is 0 Å². The third-order valence-electron chi connectivity index (χ3n) is 4.39. The lowest BCUT2D eigenvalue weighted by Crippen LogP contribution is -2.20. The topological polar surface area (TPSA) is 91.9 Å². The van der Waals surface area contributed by atoms with Crippen LogP contribution in [0.3, 0.4) is 0 Å². The van der Waals surface area contributed by atoms with E-state index in [0.717, 1.165) is 12.0 Å². The fraction of sp³-hybridized carbons (Fsp3) is 0.217. The van der Waals surface area contributed by atoms with Gasteiger partial charge in [0.2, 0.25) is 5.91 Å². The molecule has 2 aromatic carbocycles. The minimum absolute atomic E-state index is 0.0744. The first-order valence-electron chi connectivity index (χ1n) is 9.70. The second-order valence-corrected chi connectivity index (χ2v) is 7.92. The van der Waals surface area contributed by atoms with Crippen LogP contribution in [0.1, 0.15) is 47.1 Å². The summed E-state index contributed by atoms with van der Waals surface area (Å²) < 4.78 is 0. The van der Waals surface area contributed by atoms with Crippen molar-refractivity contribution < 1.29 is 9.59 Å². The highest BCUT2D eigenvalue weighted by Crippen LogP contribution is 2.34. The van der Waals surface area contributed by atoms with Gasteiger partial charge < -0.3 is 10.3 Å². The first-order valence-corrected chi connectivity index (χ1v) is 10.6. The van der Waals surface area contributed by atoms with Gasteiger partial charge in [0.05, 0.1) is 0 Å². The molecule has 0 spiro atoms. The third kappa shape index (κ3) is 5.67. The lowest BCUT2D eigenvalue weighted by atomic mass is 10.1. The van der Waals surface area contributed by atoms with E-state index >= 15 is 0 Å². The Bertz CT molecular complexity index is 1100. The molecule has 30 heavy (non-hydrogen) atoms. The van der Waals surface area contributed by atoms with Crippen LogP contribution in [0.25, 0.3) is 0 Å². The molecule has 0 unspecified atom stereocenters. The number of hydrogen-bond donors (Lipinski definition) is 2. The predicted octanol–water partition coefficient (Wildman–Crippen LogP) is 4.40. The number of anilines is 1. The number of benzene rings is 2. The van der Waals surface area contributed by atoms with E-state index in [4.69, 9.17) is 0 Å². The number of Topliss-reactive ketones (excluding diaryl/α,β-unsaturated/α-hetero) is 1. The van der Waals surface area contributed by atoms with E-state index in [1.807, 2.05) is 37.3 Å². The summed E-state index contributed by atoms with van der Waals surface area (Å²) in [6, 6.07) is 17.6. The van der Waals surface area contributed by atoms with Crippen LogP contribution in [0.15, 0.2) is 70.6 Å². The van der Waals surface area contributed by atoms with E-state index in [1.165, 1.54) is 24.8 Å². The first-order chi connectivity index (χ1) is 14.5. The molecule has 3 rings (SSSR count). The van der Waals surface area contributed by atoms with Crippen LogP contribution < -0.4 is 10.9 Å². The smallest absolute Gasteiger partial charge is 0.251 e. The zero-order chi connectivity index (χ0) is 21.5. The summed E-state index contributed by atoms with van der Waals surface area (Å²) in [5.41, 5.74) is 2.30. The summed E-state index contributed by atoms with van der Waals surface area (Å²) >= 11 is 1.19. The van der Waals surface area contributed by atoms with Gasteiger partial charge in [0.15, 0.2) is 10.9 Å². The fourth-order valence-electron chi connectivity index (χ4n) is 2.96. The second-order valence-electron chi connectivity index (χ2n) is 6.83. The predicted molar refractivity (Wildman–Crippen MR) is 119 cm³/mol. The SMILES string of the molecule is CCCc1cc(=O)[nH]c(S[C@@H](C(=O)Nc2cccc(C(C)=O)c2)c2ccccc2)n1. The van der Waals surface area contributed by atoms with Gasteiger partial charge in [0.1, 0.15) is 5.25 Å². The van der Waals surface area contributed by atoms with Crippen molar-refractivity contribution >= 4 is 29.1 Å². The molecule has 7 heteroatoms. The molecular formula is C23H23N3O3S. The van der Waals surface area contributed by atoms with E-state index in [-0.39, 0.29) is 17.2 Å². The molecule has 2 N–H and O–H groups in total. The van der Waals surface area contributed by atoms with Gasteiger partial charge in [-0.05, 0) is 31.0 Å². The number of amides is 1. The molecule has 0 fully saturated rings. The molecule has 1 amide bonds. The van der Waals surface area contributed by atoms with E-state index in [1.54, 1.807) is 24.3 Å². The van der Waals surface area contributed by atoms with Crippen molar-refractivity contribution in [2.75, 3.05) is 5.32 Å². The third-order valence-corrected chi connectivity index (χ3v) is 5.52. The molecular weight excluding hydrogens is 398 g/mol. The van der Waals surface area contributed by atoms with Gasteiger partial charge in [-0.3, -0.25) is 14.4 Å². The summed E-state index contributed by atoms with van der Waals surface area (Å²) in [4.78, 5) is 44.0. The molecule has 0 aliphatic heterocycles. The molecule has 6 nitrogen and oxygen atoms in total. The van der Waals surface area contributed by atoms with E-state index < -0.39 is 5.25 Å². The van der Waals surface area contributed by atoms with Gasteiger partial charge in [-0.1, -0.05) is 67.6 Å². The zero-order valence-electron chi connectivity index (χ0n) is 16.8. The molecule has 154 valence electrons. The Morgan fingerprint density at radius 3 is 2.57 bits per heavy atom. The molecule has 0 bridgehead atoms. The molecule has 0 aliphatic rings. The number of H-pyrrole nitrogens is 1. The quantitative estimate of drug-likeness (QED) is 0.320. The molecule has 1 heterocycles. The Morgan fingerprint density at radius 2 is 1.87 bits per heavy atom. The van der Waals surface area contributed by atoms with Gasteiger partial charge in [-0.25, -0.2) is 4.98 Å². The minimum atomic E-state index is -0.632. The number of nitrogens with zero attached hydrogens (tertiary/aromatic N) is 1. The Kier molecular flexibility index (Phi) is 7.19. The van der Waals surface area contributed by atoms with Crippen LogP contribution in [-0.2, 0) is 11.2 Å². The van der Waals surface area contributed by atoms with Crippen molar-refractivity contribution in [2.24, 2.45) is 0 Å². The molecule has 3 aromatic rings. The van der Waals surface area contributed by atoms with Crippen LogP contribution >= 0.6 is 11.8 Å². The van der Waals surface area contributed by atoms with Crippen LogP contribution in [0.5, 0.6) is 0 Å². The highest BCUT2D eigenvalue weighted by Gasteiger charge is 2.24. The zero-order valence-corrected chi connectivity index (χ0v) is 17.7. The second kappa shape index (κ2) is 10.0. The number of rotatable bonds is 8. The van der Waals surface area contributed by atoms with Crippen LogP contribution in [0.2, 0.25) is 0 Å². The average molecular weight is 422 g/mol. The largest absolute Gasteiger partial charge is 0.325 e. The number of thioether (sulfide) groups is 1. The summed E-state index contributed by atoms with van der Waals surface area (Å²) in [7, 11) is 0. The lowest BCUT2D eigenvalue weighted by Gasteiger charge is -2.17. The van der Waals surface area contributed by atoms with Crippen molar-refractivity contribution in [3.8, 4) is 0 Å². The highest BCUT2D eigenvalue weighted by molar-refractivity contribution is 8.00. The summed E-state index contributed by atoms with van der Waals surface area (Å²) in [6.07, 6.45) is 1.56. The molecule has 0 radical (unpaired) electrons. The number of carbonyl (C=O) groups excluding carboxylic acids is 2. The fourth-order valence-corrected chi connectivity index (χ4v) is 3.97. The summed E-state index contributed by atoms with van der Waals surface area (Å²) in [5, 5.41) is 2.64. The van der Waals surface area contributed by atoms with E-state index in [2.05, 4.69) is 15.3 Å². The Morgan fingerprint density at radius 1 is 1.10 bits per heavy atom. The van der Waals surface area contributed by atoms with Crippen molar-refractivity contribution in [1.82, 2.24) is 9.97 Å². The normalized spacial score (nSPS) is 11.7. The van der Waals surface area contributed by atoms with Crippen LogP contribution in [0.4, 0.5) is 5.69 Å². The summed E-state index contributed by atoms with van der Waals surface area (Å²) in [6.45, 7) is 3.50. The number of carbonyl (C=O) groups is 2. The summed E-state index contributed by atoms with van der Waals surface area (Å²) in [5.74, 6) is -0.343. The number of aromatic amines is 1. The Balaban J connectivity index is 1.90. The maximum absolute atomic E-state index is 13.2. The monoisotopic (exact) mass is 421 g/mol. The standard InChI is InChI=1S/C23H23N3O3S/c1-3-8-18-14-20(28)26-23(25-18)30-21(16-9-5-4-6-10-16)22(29)24-19-12-7-11-17(13-19)15(2)27/h4-7,9-14,21H,3,8H2,1-2H3,(H,24,29)(H,25,26,28)/t21-/m1/s1. The van der Waals surface area contributed by atoms with Crippen molar-refractivity contribution in [3.05, 3.63) is 87.8 Å².